The van der Waals surface area contributed by atoms with Gasteiger partial charge < -0.3 is 10.6 Å². The second-order valence-electron chi connectivity index (χ2n) is 4.24. The van der Waals surface area contributed by atoms with Crippen LogP contribution in [-0.4, -0.2) is 5.11 Å². The number of halogens is 5. The van der Waals surface area contributed by atoms with Gasteiger partial charge >= 0.3 is 0 Å². The summed E-state index contributed by atoms with van der Waals surface area (Å²) < 4.78 is 53.2. The molecular formula is C14H9BrF4N2S. The van der Waals surface area contributed by atoms with Crippen molar-refractivity contribution in [3.05, 3.63) is 63.6 Å². The van der Waals surface area contributed by atoms with Crippen LogP contribution in [0.4, 0.5) is 23.2 Å². The van der Waals surface area contributed by atoms with Crippen LogP contribution >= 0.6 is 28.1 Å². The molecule has 2 aromatic carbocycles. The zero-order chi connectivity index (χ0) is 16.3. The summed E-state index contributed by atoms with van der Waals surface area (Å²) in [5, 5.41) is 4.65. The van der Waals surface area contributed by atoms with Gasteiger partial charge in [-0.3, -0.25) is 0 Å². The smallest absolute Gasteiger partial charge is 0.186 e. The lowest BCUT2D eigenvalue weighted by Gasteiger charge is -2.13. The number of hydrogen-bond acceptors (Lipinski definition) is 1. The molecule has 0 saturated carbocycles. The van der Waals surface area contributed by atoms with Gasteiger partial charge in [0.05, 0.1) is 4.47 Å². The number of nitrogens with one attached hydrogen (secondary N) is 2. The first-order valence-corrected chi connectivity index (χ1v) is 7.22. The van der Waals surface area contributed by atoms with Gasteiger partial charge in [-0.1, -0.05) is 30.3 Å². The highest BCUT2D eigenvalue weighted by Crippen LogP contribution is 2.31. The third-order valence-electron chi connectivity index (χ3n) is 2.74. The van der Waals surface area contributed by atoms with E-state index in [9.17, 15) is 17.6 Å². The summed E-state index contributed by atoms with van der Waals surface area (Å²) in [7, 11) is 0. The van der Waals surface area contributed by atoms with E-state index in [0.29, 0.717) is 0 Å². The Labute approximate surface area is 137 Å². The Kier molecular flexibility index (Phi) is 5.36. The van der Waals surface area contributed by atoms with Gasteiger partial charge in [0.2, 0.25) is 0 Å². The molecule has 0 atom stereocenters. The molecule has 0 unspecified atom stereocenters. The second-order valence-corrected chi connectivity index (χ2v) is 5.44. The minimum atomic E-state index is -1.56. The molecule has 2 N–H and O–H groups in total. The Hall–Kier alpha value is -1.67. The van der Waals surface area contributed by atoms with Crippen molar-refractivity contribution < 1.29 is 17.6 Å². The van der Waals surface area contributed by atoms with E-state index in [0.717, 1.165) is 5.56 Å². The van der Waals surface area contributed by atoms with Crippen molar-refractivity contribution in [1.29, 1.82) is 0 Å². The average Bonchev–Trinajstić information content (AvgIpc) is 2.54. The van der Waals surface area contributed by atoms with Crippen LogP contribution < -0.4 is 10.6 Å². The number of thiocarbonyl (C=S) groups is 1. The third kappa shape index (κ3) is 3.56. The minimum absolute atomic E-state index is 0.164. The third-order valence-corrected chi connectivity index (χ3v) is 3.69. The van der Waals surface area contributed by atoms with Gasteiger partial charge in [-0.15, -0.1) is 0 Å². The molecule has 0 heterocycles. The van der Waals surface area contributed by atoms with Crippen LogP contribution in [-0.2, 0) is 6.54 Å². The van der Waals surface area contributed by atoms with Gasteiger partial charge in [0.25, 0.3) is 0 Å². The zero-order valence-corrected chi connectivity index (χ0v) is 13.3. The SMILES string of the molecule is Fc1c(F)c(NC(=S)NCc2ccccc2)c(F)c(F)c1Br. The molecule has 0 aromatic heterocycles. The number of hydrogen-bond donors (Lipinski definition) is 2. The lowest BCUT2D eigenvalue weighted by molar-refractivity contribution is 0.452. The van der Waals surface area contributed by atoms with Crippen molar-refractivity contribution in [2.24, 2.45) is 0 Å². The van der Waals surface area contributed by atoms with E-state index >= 15 is 0 Å². The maximum absolute atomic E-state index is 13.7. The molecule has 22 heavy (non-hydrogen) atoms. The van der Waals surface area contributed by atoms with Crippen LogP contribution in [0.2, 0.25) is 0 Å². The molecule has 0 spiro atoms. The standard InChI is InChI=1S/C14H9BrF4N2S/c15-8-9(16)11(18)13(12(19)10(8)17)21-14(22)20-6-7-4-2-1-3-5-7/h1-5H,6H2,(H2,20,21,22). The average molecular weight is 393 g/mol. The van der Waals surface area contributed by atoms with E-state index in [4.69, 9.17) is 12.2 Å². The molecule has 2 nitrogen and oxygen atoms in total. The van der Waals surface area contributed by atoms with Gasteiger partial charge in [0.1, 0.15) is 5.69 Å². The van der Waals surface area contributed by atoms with Crippen molar-refractivity contribution in [3.8, 4) is 0 Å². The lowest BCUT2D eigenvalue weighted by Crippen LogP contribution is -2.29. The zero-order valence-electron chi connectivity index (χ0n) is 10.9. The van der Waals surface area contributed by atoms with Crippen LogP contribution in [0.5, 0.6) is 0 Å². The quantitative estimate of drug-likeness (QED) is 0.348. The molecule has 0 aliphatic carbocycles. The van der Waals surface area contributed by atoms with Crippen LogP contribution in [0.25, 0.3) is 0 Å². The highest BCUT2D eigenvalue weighted by molar-refractivity contribution is 9.10. The molecule has 0 bridgehead atoms. The summed E-state index contributed by atoms with van der Waals surface area (Å²) in [6.45, 7) is 0.289. The summed E-state index contributed by atoms with van der Waals surface area (Å²) in [6, 6.07) is 9.09. The fourth-order valence-corrected chi connectivity index (χ4v) is 2.17. The number of rotatable bonds is 3. The normalized spacial score (nSPS) is 10.4. The first kappa shape index (κ1) is 16.7. The van der Waals surface area contributed by atoms with Crippen LogP contribution in [0.15, 0.2) is 34.8 Å². The summed E-state index contributed by atoms with van der Waals surface area (Å²) in [6.07, 6.45) is 0. The summed E-state index contributed by atoms with van der Waals surface area (Å²) in [5.41, 5.74) is -0.107. The van der Waals surface area contributed by atoms with Gasteiger partial charge in [0, 0.05) is 6.54 Å². The highest BCUT2D eigenvalue weighted by atomic mass is 79.9. The number of benzene rings is 2. The van der Waals surface area contributed by atoms with E-state index < -0.39 is 33.4 Å². The Morgan fingerprint density at radius 3 is 2.05 bits per heavy atom. The van der Waals surface area contributed by atoms with E-state index in [2.05, 4.69) is 26.6 Å². The largest absolute Gasteiger partial charge is 0.358 e. The summed E-state index contributed by atoms with van der Waals surface area (Å²) in [4.78, 5) is 0. The molecule has 0 saturated heterocycles. The van der Waals surface area contributed by atoms with Crippen molar-refractivity contribution in [1.82, 2.24) is 5.32 Å². The molecule has 0 aliphatic heterocycles. The lowest BCUT2D eigenvalue weighted by atomic mass is 10.2. The monoisotopic (exact) mass is 392 g/mol. The van der Waals surface area contributed by atoms with Crippen LogP contribution in [0.3, 0.4) is 0 Å². The predicted molar refractivity (Wildman–Crippen MR) is 83.5 cm³/mol. The second kappa shape index (κ2) is 7.06. The molecular weight excluding hydrogens is 384 g/mol. The maximum atomic E-state index is 13.7. The molecule has 0 fully saturated rings. The summed E-state index contributed by atoms with van der Waals surface area (Å²) >= 11 is 7.30. The van der Waals surface area contributed by atoms with Gasteiger partial charge in [-0.05, 0) is 33.7 Å². The Morgan fingerprint density at radius 1 is 0.955 bits per heavy atom. The van der Waals surface area contributed by atoms with E-state index in [-0.39, 0.29) is 11.7 Å². The van der Waals surface area contributed by atoms with Crippen molar-refractivity contribution in [2.75, 3.05) is 5.32 Å². The van der Waals surface area contributed by atoms with Crippen molar-refractivity contribution in [3.63, 3.8) is 0 Å². The maximum Gasteiger partial charge on any atom is 0.186 e. The van der Waals surface area contributed by atoms with Gasteiger partial charge in [-0.2, -0.15) is 0 Å². The Balaban J connectivity index is 2.12. The van der Waals surface area contributed by atoms with Gasteiger partial charge in [0.15, 0.2) is 28.4 Å². The Morgan fingerprint density at radius 2 is 1.50 bits per heavy atom. The van der Waals surface area contributed by atoms with E-state index in [1.165, 1.54) is 0 Å². The van der Waals surface area contributed by atoms with Crippen LogP contribution in [0, 0.1) is 23.3 Å². The topological polar surface area (TPSA) is 24.1 Å². The molecule has 8 heteroatoms. The fourth-order valence-electron chi connectivity index (χ4n) is 1.65. The molecule has 2 aromatic rings. The molecule has 116 valence electrons. The van der Waals surface area contributed by atoms with E-state index in [1.54, 1.807) is 0 Å². The first-order valence-electron chi connectivity index (χ1n) is 6.02. The number of anilines is 1. The first-order chi connectivity index (χ1) is 10.4. The molecule has 2 rings (SSSR count). The molecule has 0 amide bonds. The molecule has 0 aliphatic rings. The predicted octanol–water partition coefficient (Wildman–Crippen LogP) is 4.49. The Bertz CT molecular complexity index is 681. The van der Waals surface area contributed by atoms with Gasteiger partial charge in [-0.25, -0.2) is 17.6 Å². The highest BCUT2D eigenvalue weighted by Gasteiger charge is 2.24. The van der Waals surface area contributed by atoms with Crippen molar-refractivity contribution >= 4 is 38.9 Å². The van der Waals surface area contributed by atoms with Crippen molar-refractivity contribution in [2.45, 2.75) is 6.54 Å². The minimum Gasteiger partial charge on any atom is -0.358 e. The van der Waals surface area contributed by atoms with Crippen LogP contribution in [0.1, 0.15) is 5.56 Å². The molecule has 0 radical (unpaired) electrons. The fraction of sp³-hybridized carbons (Fsp3) is 0.0714. The van der Waals surface area contributed by atoms with E-state index in [1.807, 2.05) is 30.3 Å². The summed E-state index contributed by atoms with van der Waals surface area (Å²) in [5.74, 6) is -6.19.